The first-order valence-electron chi connectivity index (χ1n) is 18.1. The summed E-state index contributed by atoms with van der Waals surface area (Å²) < 4.78 is 10.1. The number of rotatable bonds is 6. The number of benzene rings is 8. The maximum Gasteiger partial charge on any atom is 0.139 e. The molecule has 8 aromatic carbocycles. The van der Waals surface area contributed by atoms with Gasteiger partial charge in [0.1, 0.15) is 21.7 Å². The molecule has 54 heavy (non-hydrogen) atoms. The monoisotopic (exact) mass is 709 g/mol. The second-order valence-electron chi connectivity index (χ2n) is 13.6. The summed E-state index contributed by atoms with van der Waals surface area (Å²) in [5.74, 6) is 0. The van der Waals surface area contributed by atoms with Gasteiger partial charge in [-0.15, -0.1) is 11.3 Å². The van der Waals surface area contributed by atoms with Crippen LogP contribution in [-0.4, -0.2) is 9.55 Å². The molecule has 0 unspecified atom stereocenters. The number of hydrogen-bond donors (Lipinski definition) is 0. The first kappa shape index (κ1) is 30.7. The van der Waals surface area contributed by atoms with E-state index in [2.05, 4.69) is 185 Å². The van der Waals surface area contributed by atoms with Crippen LogP contribution in [0.3, 0.4) is 0 Å². The third-order valence-electron chi connectivity index (χ3n) is 10.4. The van der Waals surface area contributed by atoms with Crippen molar-refractivity contribution in [2.75, 3.05) is 4.90 Å². The minimum atomic E-state index is 0.842. The fourth-order valence-corrected chi connectivity index (χ4v) is 8.97. The Kier molecular flexibility index (Phi) is 7.00. The Morgan fingerprint density at radius 3 is 1.87 bits per heavy atom. The average Bonchev–Trinajstić information content (AvgIpc) is 3.94. The normalized spacial score (nSPS) is 11.7. The number of para-hydroxylation sites is 3. The van der Waals surface area contributed by atoms with Crippen molar-refractivity contribution in [1.82, 2.24) is 9.55 Å². The maximum atomic E-state index is 6.64. The van der Waals surface area contributed by atoms with E-state index in [1.165, 1.54) is 21.9 Å². The van der Waals surface area contributed by atoms with Gasteiger partial charge in [0.15, 0.2) is 0 Å². The van der Waals surface area contributed by atoms with Crippen molar-refractivity contribution in [3.8, 4) is 27.4 Å². The Morgan fingerprint density at radius 2 is 1.09 bits per heavy atom. The maximum absolute atomic E-state index is 6.64. The highest BCUT2D eigenvalue weighted by atomic mass is 32.1. The van der Waals surface area contributed by atoms with Crippen molar-refractivity contribution in [3.63, 3.8) is 0 Å². The molecule has 0 fully saturated rings. The van der Waals surface area contributed by atoms with Gasteiger partial charge in [0, 0.05) is 44.9 Å². The molecule has 0 amide bonds. The van der Waals surface area contributed by atoms with Crippen LogP contribution in [0.5, 0.6) is 0 Å². The van der Waals surface area contributed by atoms with Gasteiger partial charge in [-0.1, -0.05) is 127 Å². The molecule has 0 radical (unpaired) electrons. The molecule has 3 aromatic heterocycles. The van der Waals surface area contributed by atoms with E-state index >= 15 is 0 Å². The van der Waals surface area contributed by atoms with Crippen LogP contribution in [0.25, 0.3) is 81.3 Å². The van der Waals surface area contributed by atoms with E-state index in [-0.39, 0.29) is 0 Å². The van der Waals surface area contributed by atoms with Crippen LogP contribution in [0.2, 0.25) is 0 Å². The van der Waals surface area contributed by atoms with Gasteiger partial charge in [-0.25, -0.2) is 4.98 Å². The Labute approximate surface area is 315 Å². The second-order valence-corrected chi connectivity index (χ2v) is 14.6. The van der Waals surface area contributed by atoms with Crippen molar-refractivity contribution < 1.29 is 4.42 Å². The van der Waals surface area contributed by atoms with Crippen LogP contribution < -0.4 is 4.90 Å². The summed E-state index contributed by atoms with van der Waals surface area (Å²) in [7, 11) is 0. The van der Waals surface area contributed by atoms with Gasteiger partial charge in [0.05, 0.1) is 26.8 Å². The highest BCUT2D eigenvalue weighted by Gasteiger charge is 2.26. The summed E-state index contributed by atoms with van der Waals surface area (Å²) in [6.07, 6.45) is 0. The minimum absolute atomic E-state index is 0.842. The zero-order valence-electron chi connectivity index (χ0n) is 29.1. The number of fused-ring (bicyclic) bond motifs is 7. The quantitative estimate of drug-likeness (QED) is 0.172. The Balaban J connectivity index is 1.23. The van der Waals surface area contributed by atoms with Crippen molar-refractivity contribution in [1.29, 1.82) is 0 Å². The molecular weight excluding hydrogens is 679 g/mol. The van der Waals surface area contributed by atoms with Crippen LogP contribution in [-0.2, 0) is 0 Å². The molecule has 0 atom stereocenters. The molecule has 0 spiro atoms. The largest absolute Gasteiger partial charge is 0.456 e. The van der Waals surface area contributed by atoms with E-state index in [9.17, 15) is 0 Å². The molecule has 254 valence electrons. The number of aromatic nitrogens is 2. The standard InChI is InChI=1S/C49H31N3OS/c1-4-14-32(15-5-1)33-24-26-36(27-25-33)51(37-28-29-42-40(30-37)38-20-10-12-22-41(38)52(42)35-18-8-3-9-19-35)48-46-39-21-11-13-23-43(39)53-44(46)31-45-47(48)50-49(54-45)34-16-6-2-7-17-34/h1-31H. The number of furan rings is 1. The molecule has 3 heterocycles. The topological polar surface area (TPSA) is 34.2 Å². The molecule has 0 saturated carbocycles. The lowest BCUT2D eigenvalue weighted by molar-refractivity contribution is 0.669. The fourth-order valence-electron chi connectivity index (χ4n) is 7.97. The zero-order valence-corrected chi connectivity index (χ0v) is 29.9. The predicted molar refractivity (Wildman–Crippen MR) is 227 cm³/mol. The van der Waals surface area contributed by atoms with Gasteiger partial charge in [-0.05, 0) is 65.7 Å². The first-order chi connectivity index (χ1) is 26.8. The summed E-state index contributed by atoms with van der Waals surface area (Å²) in [4.78, 5) is 7.84. The number of nitrogens with zero attached hydrogens (tertiary/aromatic N) is 3. The number of anilines is 3. The van der Waals surface area contributed by atoms with Crippen molar-refractivity contribution in [3.05, 3.63) is 188 Å². The van der Waals surface area contributed by atoms with Crippen LogP contribution >= 0.6 is 11.3 Å². The van der Waals surface area contributed by atoms with E-state index in [1.54, 1.807) is 11.3 Å². The zero-order chi connectivity index (χ0) is 35.6. The third kappa shape index (κ3) is 4.86. The van der Waals surface area contributed by atoms with Crippen molar-refractivity contribution in [2.45, 2.75) is 0 Å². The number of hydrogen-bond acceptors (Lipinski definition) is 4. The molecule has 0 aliphatic rings. The molecule has 4 nitrogen and oxygen atoms in total. The molecular formula is C49H31N3OS. The van der Waals surface area contributed by atoms with Gasteiger partial charge in [0.25, 0.3) is 0 Å². The van der Waals surface area contributed by atoms with E-state index in [1.807, 2.05) is 12.1 Å². The summed E-state index contributed by atoms with van der Waals surface area (Å²) in [6, 6.07) is 66.6. The van der Waals surface area contributed by atoms with E-state index in [0.717, 1.165) is 76.6 Å². The van der Waals surface area contributed by atoms with Crippen LogP contribution in [0.15, 0.2) is 192 Å². The molecule has 11 rings (SSSR count). The van der Waals surface area contributed by atoms with Gasteiger partial charge in [-0.2, -0.15) is 0 Å². The minimum Gasteiger partial charge on any atom is -0.456 e. The SMILES string of the molecule is c1ccc(-c2ccc(N(c3ccc4c(c3)c3ccccc3n4-c3ccccc3)c3c4nc(-c5ccccc5)sc4cc4oc5ccccc5c34)cc2)cc1. The Morgan fingerprint density at radius 1 is 0.481 bits per heavy atom. The lowest BCUT2D eigenvalue weighted by atomic mass is 10.0. The highest BCUT2D eigenvalue weighted by molar-refractivity contribution is 7.21. The van der Waals surface area contributed by atoms with Crippen LogP contribution in [0, 0.1) is 0 Å². The molecule has 11 aromatic rings. The van der Waals surface area contributed by atoms with E-state index in [0.29, 0.717) is 0 Å². The smallest absolute Gasteiger partial charge is 0.139 e. The third-order valence-corrected chi connectivity index (χ3v) is 11.5. The second kappa shape index (κ2) is 12.3. The summed E-state index contributed by atoms with van der Waals surface area (Å²) in [5.41, 5.74) is 12.6. The highest BCUT2D eigenvalue weighted by Crippen LogP contribution is 2.50. The van der Waals surface area contributed by atoms with Gasteiger partial charge in [-0.3, -0.25) is 0 Å². The summed E-state index contributed by atoms with van der Waals surface area (Å²) in [5, 5.41) is 5.47. The molecule has 5 heteroatoms. The fraction of sp³-hybridized carbons (Fsp3) is 0. The van der Waals surface area contributed by atoms with Gasteiger partial charge < -0.3 is 13.9 Å². The number of thiazole rings is 1. The summed E-state index contributed by atoms with van der Waals surface area (Å²) >= 11 is 1.70. The lowest BCUT2D eigenvalue weighted by Gasteiger charge is -2.27. The van der Waals surface area contributed by atoms with Crippen molar-refractivity contribution in [2.24, 2.45) is 0 Å². The van der Waals surface area contributed by atoms with E-state index in [4.69, 9.17) is 9.40 Å². The van der Waals surface area contributed by atoms with Gasteiger partial charge >= 0.3 is 0 Å². The molecule has 0 aliphatic carbocycles. The summed E-state index contributed by atoms with van der Waals surface area (Å²) in [6.45, 7) is 0. The first-order valence-corrected chi connectivity index (χ1v) is 18.9. The lowest BCUT2D eigenvalue weighted by Crippen LogP contribution is -2.11. The van der Waals surface area contributed by atoms with E-state index < -0.39 is 0 Å². The molecule has 0 bridgehead atoms. The Hall–Kier alpha value is -6.95. The molecule has 0 aliphatic heterocycles. The van der Waals surface area contributed by atoms with Crippen LogP contribution in [0.1, 0.15) is 0 Å². The molecule has 0 N–H and O–H groups in total. The molecule has 0 saturated heterocycles. The Bertz CT molecular complexity index is 3140. The predicted octanol–water partition coefficient (Wildman–Crippen LogP) is 14.1. The van der Waals surface area contributed by atoms with Crippen molar-refractivity contribution >= 4 is 82.4 Å². The average molecular weight is 710 g/mol. The van der Waals surface area contributed by atoms with Gasteiger partial charge in [0.2, 0.25) is 0 Å². The van der Waals surface area contributed by atoms with Crippen LogP contribution in [0.4, 0.5) is 17.1 Å².